The Morgan fingerprint density at radius 2 is 1.55 bits per heavy atom. The molecule has 0 fully saturated rings. The van der Waals surface area contributed by atoms with Gasteiger partial charge in [-0.25, -0.2) is 0 Å². The third-order valence-corrected chi connectivity index (χ3v) is 4.01. The Bertz CT molecular complexity index is 513. The molecule has 0 aliphatic heterocycles. The molecule has 2 aromatic carbocycles. The number of hydrogen-bond donors (Lipinski definition) is 1. The van der Waals surface area contributed by atoms with Crippen LogP contribution in [0.4, 0.5) is 0 Å². The Kier molecular flexibility index (Phi) is 6.07. The summed E-state index contributed by atoms with van der Waals surface area (Å²) in [7, 11) is 0. The minimum atomic E-state index is -0.327. The highest BCUT2D eigenvalue weighted by molar-refractivity contribution is 5.85. The van der Waals surface area contributed by atoms with Crippen LogP contribution in [-0.2, 0) is 0 Å². The van der Waals surface area contributed by atoms with E-state index < -0.39 is 0 Å². The van der Waals surface area contributed by atoms with E-state index in [0.29, 0.717) is 0 Å². The molecule has 1 unspecified atom stereocenters. The zero-order chi connectivity index (χ0) is 14.2. The van der Waals surface area contributed by atoms with E-state index in [4.69, 9.17) is 0 Å². The first-order valence-electron chi connectivity index (χ1n) is 7.98. The number of aliphatic hydroxyl groups excluding tert-OH is 1. The molecule has 0 aliphatic carbocycles. The molecule has 20 heavy (non-hydrogen) atoms. The maximum Gasteiger partial charge on any atom is 0.0796 e. The highest BCUT2D eigenvalue weighted by Crippen LogP contribution is 2.27. The molecule has 0 heterocycles. The average molecular weight is 270 g/mol. The lowest BCUT2D eigenvalue weighted by Gasteiger charge is -2.13. The van der Waals surface area contributed by atoms with Crippen molar-refractivity contribution in [3.05, 3.63) is 48.0 Å². The lowest BCUT2D eigenvalue weighted by molar-refractivity contribution is 0.165. The molecule has 2 aromatic rings. The minimum Gasteiger partial charge on any atom is -0.388 e. The summed E-state index contributed by atoms with van der Waals surface area (Å²) in [4.78, 5) is 0. The average Bonchev–Trinajstić information content (AvgIpc) is 2.50. The topological polar surface area (TPSA) is 20.2 Å². The zero-order valence-electron chi connectivity index (χ0n) is 12.5. The second-order valence-corrected chi connectivity index (χ2v) is 5.64. The van der Waals surface area contributed by atoms with Crippen LogP contribution in [0.25, 0.3) is 10.8 Å². The summed E-state index contributed by atoms with van der Waals surface area (Å²) in [5.74, 6) is 0. The van der Waals surface area contributed by atoms with Crippen LogP contribution in [0, 0.1) is 0 Å². The Hall–Kier alpha value is -1.34. The molecule has 2 rings (SSSR count). The van der Waals surface area contributed by atoms with Crippen LogP contribution < -0.4 is 0 Å². The molecule has 0 spiro atoms. The SMILES string of the molecule is CCCCCCCCC(O)c1cccc2ccccc12. The summed E-state index contributed by atoms with van der Waals surface area (Å²) in [6.45, 7) is 2.24. The summed E-state index contributed by atoms with van der Waals surface area (Å²) >= 11 is 0. The van der Waals surface area contributed by atoms with E-state index in [-0.39, 0.29) is 6.10 Å². The molecule has 0 amide bonds. The molecule has 0 bridgehead atoms. The third-order valence-electron chi connectivity index (χ3n) is 4.01. The first-order chi connectivity index (χ1) is 9.83. The molecule has 0 aliphatic rings. The van der Waals surface area contributed by atoms with E-state index in [0.717, 1.165) is 18.4 Å². The molecular formula is C19H26O. The Morgan fingerprint density at radius 1 is 0.850 bits per heavy atom. The monoisotopic (exact) mass is 270 g/mol. The summed E-state index contributed by atoms with van der Waals surface area (Å²) in [5.41, 5.74) is 1.08. The van der Waals surface area contributed by atoms with Gasteiger partial charge in [0.1, 0.15) is 0 Å². The summed E-state index contributed by atoms with van der Waals surface area (Å²) < 4.78 is 0. The van der Waals surface area contributed by atoms with Gasteiger partial charge in [0, 0.05) is 0 Å². The van der Waals surface area contributed by atoms with Gasteiger partial charge in [-0.05, 0) is 22.8 Å². The molecule has 0 saturated carbocycles. The van der Waals surface area contributed by atoms with Gasteiger partial charge >= 0.3 is 0 Å². The first-order valence-corrected chi connectivity index (χ1v) is 7.98. The summed E-state index contributed by atoms with van der Waals surface area (Å²) in [6, 6.07) is 14.5. The van der Waals surface area contributed by atoms with Crippen molar-refractivity contribution in [1.82, 2.24) is 0 Å². The largest absolute Gasteiger partial charge is 0.388 e. The van der Waals surface area contributed by atoms with Gasteiger partial charge < -0.3 is 5.11 Å². The van der Waals surface area contributed by atoms with Crippen molar-refractivity contribution in [1.29, 1.82) is 0 Å². The van der Waals surface area contributed by atoms with E-state index in [2.05, 4.69) is 31.2 Å². The molecule has 1 N–H and O–H groups in total. The molecule has 0 saturated heterocycles. The molecule has 108 valence electrons. The Labute approximate surface area is 122 Å². The fraction of sp³-hybridized carbons (Fsp3) is 0.474. The standard InChI is InChI=1S/C19H26O/c1-2-3-4-5-6-7-15-19(20)18-14-10-12-16-11-8-9-13-17(16)18/h8-14,19-20H,2-7,15H2,1H3. The van der Waals surface area contributed by atoms with Crippen molar-refractivity contribution < 1.29 is 5.11 Å². The molecule has 1 heteroatoms. The maximum atomic E-state index is 10.4. The highest BCUT2D eigenvalue weighted by atomic mass is 16.3. The molecule has 1 atom stereocenters. The number of hydrogen-bond acceptors (Lipinski definition) is 1. The number of aliphatic hydroxyl groups is 1. The van der Waals surface area contributed by atoms with Crippen molar-refractivity contribution in [2.45, 2.75) is 58.0 Å². The number of benzene rings is 2. The highest BCUT2D eigenvalue weighted by Gasteiger charge is 2.10. The predicted octanol–water partition coefficient (Wildman–Crippen LogP) is 5.62. The van der Waals surface area contributed by atoms with Gasteiger partial charge in [0.15, 0.2) is 0 Å². The lowest BCUT2D eigenvalue weighted by atomic mass is 9.97. The molecule has 0 aromatic heterocycles. The second kappa shape index (κ2) is 8.06. The zero-order valence-corrected chi connectivity index (χ0v) is 12.5. The van der Waals surface area contributed by atoms with Crippen molar-refractivity contribution in [2.24, 2.45) is 0 Å². The fourth-order valence-electron chi connectivity index (χ4n) is 2.81. The van der Waals surface area contributed by atoms with Gasteiger partial charge in [-0.1, -0.05) is 87.9 Å². The van der Waals surface area contributed by atoms with E-state index in [1.807, 2.05) is 18.2 Å². The van der Waals surface area contributed by atoms with E-state index in [1.54, 1.807) is 0 Å². The van der Waals surface area contributed by atoms with Crippen LogP contribution in [0.1, 0.15) is 63.5 Å². The van der Waals surface area contributed by atoms with Gasteiger partial charge in [0.05, 0.1) is 6.10 Å². The van der Waals surface area contributed by atoms with E-state index >= 15 is 0 Å². The summed E-state index contributed by atoms with van der Waals surface area (Å²) in [6.07, 6.45) is 8.17. The minimum absolute atomic E-state index is 0.327. The molecular weight excluding hydrogens is 244 g/mol. The van der Waals surface area contributed by atoms with E-state index in [9.17, 15) is 5.11 Å². The van der Waals surface area contributed by atoms with Crippen LogP contribution >= 0.6 is 0 Å². The first kappa shape index (κ1) is 15.1. The summed E-state index contributed by atoms with van der Waals surface area (Å²) in [5, 5.41) is 12.8. The van der Waals surface area contributed by atoms with Crippen molar-refractivity contribution in [2.75, 3.05) is 0 Å². The molecule has 1 nitrogen and oxygen atoms in total. The number of rotatable bonds is 8. The molecule has 0 radical (unpaired) electrons. The van der Waals surface area contributed by atoms with Crippen molar-refractivity contribution in [3.8, 4) is 0 Å². The number of unbranched alkanes of at least 4 members (excludes halogenated alkanes) is 5. The quantitative estimate of drug-likeness (QED) is 0.617. The van der Waals surface area contributed by atoms with Crippen LogP contribution in [0.15, 0.2) is 42.5 Å². The smallest absolute Gasteiger partial charge is 0.0796 e. The van der Waals surface area contributed by atoms with Crippen LogP contribution in [0.3, 0.4) is 0 Å². The van der Waals surface area contributed by atoms with Gasteiger partial charge in [-0.2, -0.15) is 0 Å². The Morgan fingerprint density at radius 3 is 2.40 bits per heavy atom. The number of fused-ring (bicyclic) bond motifs is 1. The second-order valence-electron chi connectivity index (χ2n) is 5.64. The van der Waals surface area contributed by atoms with Crippen LogP contribution in [0.5, 0.6) is 0 Å². The predicted molar refractivity (Wildman–Crippen MR) is 86.9 cm³/mol. The lowest BCUT2D eigenvalue weighted by Crippen LogP contribution is -1.98. The van der Waals surface area contributed by atoms with Crippen LogP contribution in [-0.4, -0.2) is 5.11 Å². The van der Waals surface area contributed by atoms with E-state index in [1.165, 1.54) is 42.9 Å². The van der Waals surface area contributed by atoms with Crippen molar-refractivity contribution >= 4 is 10.8 Å². The van der Waals surface area contributed by atoms with Gasteiger partial charge in [-0.3, -0.25) is 0 Å². The third kappa shape index (κ3) is 4.08. The van der Waals surface area contributed by atoms with Gasteiger partial charge in [0.25, 0.3) is 0 Å². The fourth-order valence-corrected chi connectivity index (χ4v) is 2.81. The van der Waals surface area contributed by atoms with Crippen molar-refractivity contribution in [3.63, 3.8) is 0 Å². The maximum absolute atomic E-state index is 10.4. The van der Waals surface area contributed by atoms with Crippen LogP contribution in [0.2, 0.25) is 0 Å². The Balaban J connectivity index is 1.89. The normalized spacial score (nSPS) is 12.7. The van der Waals surface area contributed by atoms with Gasteiger partial charge in [-0.15, -0.1) is 0 Å². The van der Waals surface area contributed by atoms with Gasteiger partial charge in [0.2, 0.25) is 0 Å².